The summed E-state index contributed by atoms with van der Waals surface area (Å²) >= 11 is 0. The van der Waals surface area contributed by atoms with Gasteiger partial charge in [-0.25, -0.2) is 0 Å². The maximum absolute atomic E-state index is 9.00. The normalized spacial score (nSPS) is 30.7. The summed E-state index contributed by atoms with van der Waals surface area (Å²) in [6.07, 6.45) is 3.00. The van der Waals surface area contributed by atoms with Gasteiger partial charge in [-0.15, -0.1) is 0 Å². The van der Waals surface area contributed by atoms with Gasteiger partial charge in [-0.2, -0.15) is 5.26 Å². The van der Waals surface area contributed by atoms with Gasteiger partial charge in [0, 0.05) is 11.5 Å². The molecule has 0 amide bonds. The molecule has 0 spiro atoms. The van der Waals surface area contributed by atoms with Crippen LogP contribution in [0.15, 0.2) is 0 Å². The number of rotatable bonds is 3. The van der Waals surface area contributed by atoms with E-state index in [1.165, 1.54) is 0 Å². The molecule has 16 heavy (non-hydrogen) atoms. The van der Waals surface area contributed by atoms with E-state index in [1.54, 1.807) is 0 Å². The van der Waals surface area contributed by atoms with E-state index in [1.807, 2.05) is 0 Å². The van der Waals surface area contributed by atoms with Gasteiger partial charge in [-0.05, 0) is 54.1 Å². The summed E-state index contributed by atoms with van der Waals surface area (Å²) in [4.78, 5) is 2.23. The third kappa shape index (κ3) is 3.20. The summed E-state index contributed by atoms with van der Waals surface area (Å²) in [5.41, 5.74) is -0.0403. The monoisotopic (exact) mass is 224 g/mol. The van der Waals surface area contributed by atoms with Crippen LogP contribution in [0.1, 0.15) is 40.0 Å². The second-order valence-electron chi connectivity index (χ2n) is 6.09. The van der Waals surface area contributed by atoms with Gasteiger partial charge < -0.3 is 9.64 Å². The van der Waals surface area contributed by atoms with Crippen molar-refractivity contribution < 1.29 is 4.74 Å². The van der Waals surface area contributed by atoms with Crippen molar-refractivity contribution in [1.29, 1.82) is 5.26 Å². The Labute approximate surface area is 99.4 Å². The standard InChI is InChI=1S/C13H24N2O/c1-12(2,3)16-10-13(15(4)5)7-6-11(8-13)9-14/h11H,6-8,10H2,1-5H3. The van der Waals surface area contributed by atoms with Crippen LogP contribution in [0.5, 0.6) is 0 Å². The molecule has 1 rings (SSSR count). The molecule has 0 N–H and O–H groups in total. The first-order valence-corrected chi connectivity index (χ1v) is 6.00. The van der Waals surface area contributed by atoms with E-state index in [2.05, 4.69) is 45.8 Å². The molecule has 3 heteroatoms. The summed E-state index contributed by atoms with van der Waals surface area (Å²) in [6.45, 7) is 6.95. The zero-order chi connectivity index (χ0) is 12.4. The molecule has 92 valence electrons. The zero-order valence-corrected chi connectivity index (χ0v) is 11.2. The minimum atomic E-state index is -0.103. The SMILES string of the molecule is CN(C)C1(COC(C)(C)C)CCC(C#N)C1. The maximum Gasteiger partial charge on any atom is 0.0657 e. The highest BCUT2D eigenvalue weighted by Gasteiger charge is 2.42. The summed E-state index contributed by atoms with van der Waals surface area (Å²) < 4.78 is 5.92. The zero-order valence-electron chi connectivity index (χ0n) is 11.2. The maximum atomic E-state index is 9.00. The minimum Gasteiger partial charge on any atom is -0.374 e. The molecular formula is C13H24N2O. The Kier molecular flexibility index (Phi) is 3.98. The van der Waals surface area contributed by atoms with E-state index in [0.29, 0.717) is 0 Å². The highest BCUT2D eigenvalue weighted by Crippen LogP contribution is 2.38. The van der Waals surface area contributed by atoms with Crippen molar-refractivity contribution in [3.05, 3.63) is 0 Å². The number of nitrogens with zero attached hydrogens (tertiary/aromatic N) is 2. The fourth-order valence-electron chi connectivity index (χ4n) is 2.23. The molecule has 0 bridgehead atoms. The van der Waals surface area contributed by atoms with Crippen molar-refractivity contribution in [3.63, 3.8) is 0 Å². The average molecular weight is 224 g/mol. The molecule has 0 aliphatic heterocycles. The van der Waals surface area contributed by atoms with E-state index in [9.17, 15) is 0 Å². The highest BCUT2D eigenvalue weighted by atomic mass is 16.5. The predicted octanol–water partition coefficient (Wildman–Crippen LogP) is 2.43. The second-order valence-corrected chi connectivity index (χ2v) is 6.09. The lowest BCUT2D eigenvalue weighted by molar-refractivity contribution is -0.0610. The lowest BCUT2D eigenvalue weighted by atomic mass is 9.95. The van der Waals surface area contributed by atoms with Crippen molar-refractivity contribution in [3.8, 4) is 6.07 Å². The third-order valence-electron chi connectivity index (χ3n) is 3.49. The Morgan fingerprint density at radius 2 is 2.06 bits per heavy atom. The summed E-state index contributed by atoms with van der Waals surface area (Å²) in [5.74, 6) is 0.200. The van der Waals surface area contributed by atoms with Crippen molar-refractivity contribution >= 4 is 0 Å². The van der Waals surface area contributed by atoms with Gasteiger partial charge in [0.05, 0.1) is 18.3 Å². The minimum absolute atomic E-state index is 0.0632. The van der Waals surface area contributed by atoms with Crippen molar-refractivity contribution in [1.82, 2.24) is 4.90 Å². The summed E-state index contributed by atoms with van der Waals surface area (Å²) in [5, 5.41) is 9.00. The van der Waals surface area contributed by atoms with Crippen LogP contribution in [-0.4, -0.2) is 36.7 Å². The van der Waals surface area contributed by atoms with Crippen molar-refractivity contribution in [2.45, 2.75) is 51.2 Å². The van der Waals surface area contributed by atoms with Crippen molar-refractivity contribution in [2.24, 2.45) is 5.92 Å². The molecule has 2 unspecified atom stereocenters. The molecule has 0 saturated heterocycles. The lowest BCUT2D eigenvalue weighted by Gasteiger charge is -2.38. The molecular weight excluding hydrogens is 200 g/mol. The third-order valence-corrected chi connectivity index (χ3v) is 3.49. The Morgan fingerprint density at radius 3 is 2.44 bits per heavy atom. The van der Waals surface area contributed by atoms with Crippen LogP contribution in [0, 0.1) is 17.2 Å². The van der Waals surface area contributed by atoms with E-state index < -0.39 is 0 Å². The van der Waals surface area contributed by atoms with Crippen LogP contribution >= 0.6 is 0 Å². The van der Waals surface area contributed by atoms with Crippen LogP contribution in [0.4, 0.5) is 0 Å². The first-order chi connectivity index (χ1) is 7.29. The first-order valence-electron chi connectivity index (χ1n) is 6.00. The van der Waals surface area contributed by atoms with Crippen LogP contribution in [-0.2, 0) is 4.74 Å². The second kappa shape index (κ2) is 4.73. The first kappa shape index (κ1) is 13.5. The van der Waals surface area contributed by atoms with E-state index >= 15 is 0 Å². The van der Waals surface area contributed by atoms with Gasteiger partial charge in [0.2, 0.25) is 0 Å². The molecule has 3 nitrogen and oxygen atoms in total. The molecule has 1 saturated carbocycles. The Morgan fingerprint density at radius 1 is 1.44 bits per heavy atom. The molecule has 1 aliphatic carbocycles. The molecule has 0 aromatic carbocycles. The number of hydrogen-bond donors (Lipinski definition) is 0. The van der Waals surface area contributed by atoms with Gasteiger partial charge in [0.15, 0.2) is 0 Å². The predicted molar refractivity (Wildman–Crippen MR) is 65.1 cm³/mol. The van der Waals surface area contributed by atoms with Gasteiger partial charge in [0.1, 0.15) is 0 Å². The Hall–Kier alpha value is -0.590. The molecule has 0 aromatic rings. The number of ether oxygens (including phenoxy) is 1. The smallest absolute Gasteiger partial charge is 0.0657 e. The molecule has 0 aromatic heterocycles. The average Bonchev–Trinajstić information content (AvgIpc) is 2.58. The molecule has 1 aliphatic rings. The van der Waals surface area contributed by atoms with Crippen LogP contribution < -0.4 is 0 Å². The van der Waals surface area contributed by atoms with Gasteiger partial charge in [-0.3, -0.25) is 0 Å². The lowest BCUT2D eigenvalue weighted by Crippen LogP contribution is -2.47. The van der Waals surface area contributed by atoms with Gasteiger partial charge in [-0.1, -0.05) is 0 Å². The summed E-state index contributed by atoms with van der Waals surface area (Å²) in [7, 11) is 4.18. The molecule has 1 fully saturated rings. The summed E-state index contributed by atoms with van der Waals surface area (Å²) in [6, 6.07) is 2.39. The van der Waals surface area contributed by atoms with Crippen LogP contribution in [0.3, 0.4) is 0 Å². The fraction of sp³-hybridized carbons (Fsp3) is 0.923. The fourth-order valence-corrected chi connectivity index (χ4v) is 2.23. The molecule has 2 atom stereocenters. The number of hydrogen-bond acceptors (Lipinski definition) is 3. The molecule has 0 heterocycles. The Balaban J connectivity index is 2.66. The topological polar surface area (TPSA) is 36.3 Å². The van der Waals surface area contributed by atoms with Crippen molar-refractivity contribution in [2.75, 3.05) is 20.7 Å². The number of likely N-dealkylation sites (N-methyl/N-ethyl adjacent to an activating group) is 1. The Bertz CT molecular complexity index is 275. The van der Waals surface area contributed by atoms with E-state index in [4.69, 9.17) is 10.00 Å². The highest BCUT2D eigenvalue weighted by molar-refractivity contribution is 5.02. The number of nitriles is 1. The molecule has 0 radical (unpaired) electrons. The van der Waals surface area contributed by atoms with E-state index in [-0.39, 0.29) is 17.1 Å². The largest absolute Gasteiger partial charge is 0.374 e. The van der Waals surface area contributed by atoms with E-state index in [0.717, 1.165) is 25.9 Å². The van der Waals surface area contributed by atoms with Gasteiger partial charge in [0.25, 0.3) is 0 Å². The quantitative estimate of drug-likeness (QED) is 0.738. The van der Waals surface area contributed by atoms with Gasteiger partial charge >= 0.3 is 0 Å². The van der Waals surface area contributed by atoms with Crippen LogP contribution in [0.25, 0.3) is 0 Å². The van der Waals surface area contributed by atoms with Crippen LogP contribution in [0.2, 0.25) is 0 Å².